The summed E-state index contributed by atoms with van der Waals surface area (Å²) in [5.74, 6) is 1.91. The number of nitrogens with two attached hydrogens (primary N) is 1. The Bertz CT molecular complexity index is 509. The average Bonchev–Trinajstić information content (AvgIpc) is 2.93. The second-order valence-corrected chi connectivity index (χ2v) is 10.2. The molecule has 0 amide bonds. The minimum Gasteiger partial charge on any atom is -0.356 e. The van der Waals surface area contributed by atoms with E-state index in [4.69, 9.17) is 5.73 Å². The van der Waals surface area contributed by atoms with E-state index < -0.39 is 8.24 Å². The van der Waals surface area contributed by atoms with Crippen molar-refractivity contribution in [2.75, 3.05) is 6.54 Å². The van der Waals surface area contributed by atoms with E-state index in [2.05, 4.69) is 44.6 Å². The van der Waals surface area contributed by atoms with Gasteiger partial charge in [0.25, 0.3) is 0 Å². The first kappa shape index (κ1) is 13.0. The van der Waals surface area contributed by atoms with Gasteiger partial charge in [-0.2, -0.15) is 0 Å². The zero-order valence-corrected chi connectivity index (χ0v) is 12.3. The lowest BCUT2D eigenvalue weighted by Crippen LogP contribution is -2.32. The number of aromatic nitrogens is 4. The lowest BCUT2D eigenvalue weighted by atomic mass is 10.4. The molecule has 2 N–H and O–H groups in total. The van der Waals surface area contributed by atoms with Gasteiger partial charge >= 0.3 is 0 Å². The van der Waals surface area contributed by atoms with Gasteiger partial charge in [-0.3, -0.25) is 0 Å². The first-order valence-corrected chi connectivity index (χ1v) is 9.74. The molecule has 0 saturated heterocycles. The summed E-state index contributed by atoms with van der Waals surface area (Å²) in [6.45, 7) is 8.48. The fourth-order valence-electron chi connectivity index (χ4n) is 1.97. The van der Waals surface area contributed by atoms with Crippen LogP contribution in [0.4, 0.5) is 0 Å². The summed E-state index contributed by atoms with van der Waals surface area (Å²) in [4.78, 5) is 8.92. The van der Waals surface area contributed by atoms with Crippen LogP contribution >= 0.6 is 0 Å². The topological polar surface area (TPSA) is 61.7 Å². The smallest absolute Gasteiger partial charge is 0.175 e. The highest BCUT2D eigenvalue weighted by Crippen LogP contribution is 2.20. The van der Waals surface area contributed by atoms with E-state index in [1.807, 2.05) is 18.6 Å². The molecule has 0 atom stereocenters. The van der Waals surface area contributed by atoms with Crippen LogP contribution in [0.5, 0.6) is 0 Å². The van der Waals surface area contributed by atoms with E-state index in [1.54, 1.807) is 0 Å². The first-order chi connectivity index (χ1) is 8.54. The molecule has 5 nitrogen and oxygen atoms in total. The number of aryl methyl sites for hydroxylation is 1. The Balaban J connectivity index is 2.38. The third-order valence-electron chi connectivity index (χ3n) is 2.88. The van der Waals surface area contributed by atoms with Crippen LogP contribution in [0, 0.1) is 0 Å². The monoisotopic (exact) mass is 263 g/mol. The zero-order valence-electron chi connectivity index (χ0n) is 11.3. The normalized spacial score (nSPS) is 12.0. The summed E-state index contributed by atoms with van der Waals surface area (Å²) in [6.07, 6.45) is 8.69. The molecule has 0 spiro atoms. The highest BCUT2D eigenvalue weighted by molar-refractivity contribution is 6.74. The number of imidazole rings is 2. The van der Waals surface area contributed by atoms with Crippen LogP contribution in [0.1, 0.15) is 6.42 Å². The Hall–Kier alpha value is -1.40. The Morgan fingerprint density at radius 3 is 2.44 bits per heavy atom. The van der Waals surface area contributed by atoms with Gasteiger partial charge in [-0.25, -0.2) is 9.97 Å². The van der Waals surface area contributed by atoms with E-state index in [9.17, 15) is 0 Å². The van der Waals surface area contributed by atoms with E-state index in [-0.39, 0.29) is 0 Å². The Morgan fingerprint density at radius 1 is 1.11 bits per heavy atom. The molecule has 0 aliphatic carbocycles. The summed E-state index contributed by atoms with van der Waals surface area (Å²) in [5, 5.41) is 0. The summed E-state index contributed by atoms with van der Waals surface area (Å²) in [6, 6.07) is 0. The molecule has 0 aliphatic rings. The largest absolute Gasteiger partial charge is 0.356 e. The fraction of sp³-hybridized carbons (Fsp3) is 0.500. The quantitative estimate of drug-likeness (QED) is 0.836. The third kappa shape index (κ3) is 2.54. The van der Waals surface area contributed by atoms with Crippen molar-refractivity contribution in [1.29, 1.82) is 0 Å². The number of nitrogens with zero attached hydrogens (tertiary/aromatic N) is 4. The van der Waals surface area contributed by atoms with Gasteiger partial charge in [0.15, 0.2) is 19.9 Å². The van der Waals surface area contributed by atoms with Crippen molar-refractivity contribution in [3.8, 4) is 11.6 Å². The number of hydrogen-bond donors (Lipinski definition) is 1. The molecule has 0 unspecified atom stereocenters. The van der Waals surface area contributed by atoms with E-state index >= 15 is 0 Å². The van der Waals surface area contributed by atoms with Crippen molar-refractivity contribution in [3.63, 3.8) is 0 Å². The van der Waals surface area contributed by atoms with Crippen LogP contribution in [0.15, 0.2) is 24.8 Å². The average molecular weight is 263 g/mol. The molecule has 98 valence electrons. The fourth-order valence-corrected chi connectivity index (χ4v) is 3.27. The van der Waals surface area contributed by atoms with Gasteiger partial charge in [0, 0.05) is 31.3 Å². The van der Waals surface area contributed by atoms with Gasteiger partial charge in [-0.05, 0) is 13.0 Å². The van der Waals surface area contributed by atoms with Crippen LogP contribution < -0.4 is 5.73 Å². The standard InChI is InChI=1S/C12H21N5Si/c1-18(2,3)17-10-7-15-12(17)11-14-6-9-16(11)8-4-5-13/h6-7,9-10H,4-5,8,13H2,1-3H3. The van der Waals surface area contributed by atoms with Crippen LogP contribution in [0.25, 0.3) is 11.6 Å². The van der Waals surface area contributed by atoms with Crippen molar-refractivity contribution in [3.05, 3.63) is 24.8 Å². The molecule has 0 radical (unpaired) electrons. The predicted molar refractivity (Wildman–Crippen MR) is 75.9 cm³/mol. The summed E-state index contributed by atoms with van der Waals surface area (Å²) >= 11 is 0. The SMILES string of the molecule is C[Si](C)(C)n1ccnc1-c1nccn1CCCN. The van der Waals surface area contributed by atoms with Gasteiger partial charge in [-0.15, -0.1) is 0 Å². The van der Waals surface area contributed by atoms with E-state index in [1.165, 1.54) is 0 Å². The molecule has 18 heavy (non-hydrogen) atoms. The minimum atomic E-state index is -1.46. The van der Waals surface area contributed by atoms with Crippen molar-refractivity contribution in [2.24, 2.45) is 5.73 Å². The van der Waals surface area contributed by atoms with Gasteiger partial charge < -0.3 is 14.5 Å². The highest BCUT2D eigenvalue weighted by atomic mass is 28.3. The highest BCUT2D eigenvalue weighted by Gasteiger charge is 2.22. The van der Waals surface area contributed by atoms with Crippen LogP contribution in [-0.2, 0) is 6.54 Å². The maximum Gasteiger partial charge on any atom is 0.175 e. The number of hydrogen-bond acceptors (Lipinski definition) is 3. The zero-order chi connectivity index (χ0) is 13.2. The molecular formula is C12H21N5Si. The molecule has 0 saturated carbocycles. The molecule has 0 aromatic carbocycles. The van der Waals surface area contributed by atoms with Crippen molar-refractivity contribution in [1.82, 2.24) is 18.8 Å². The lowest BCUT2D eigenvalue weighted by Gasteiger charge is -2.21. The number of rotatable bonds is 5. The maximum absolute atomic E-state index is 5.57. The van der Waals surface area contributed by atoms with Gasteiger partial charge in [0.2, 0.25) is 0 Å². The molecule has 2 heterocycles. The van der Waals surface area contributed by atoms with Gasteiger partial charge in [-0.1, -0.05) is 19.6 Å². The second-order valence-electron chi connectivity index (χ2n) is 5.38. The van der Waals surface area contributed by atoms with Crippen LogP contribution in [-0.4, -0.2) is 33.5 Å². The molecule has 0 fully saturated rings. The molecular weight excluding hydrogens is 242 g/mol. The third-order valence-corrected chi connectivity index (χ3v) is 4.69. The van der Waals surface area contributed by atoms with Crippen LogP contribution in [0.2, 0.25) is 19.6 Å². The van der Waals surface area contributed by atoms with Crippen LogP contribution in [0.3, 0.4) is 0 Å². The molecule has 2 rings (SSSR count). The lowest BCUT2D eigenvalue weighted by molar-refractivity contribution is 0.653. The van der Waals surface area contributed by atoms with Crippen molar-refractivity contribution < 1.29 is 0 Å². The molecule has 0 aliphatic heterocycles. The molecule has 2 aromatic rings. The minimum absolute atomic E-state index is 0.695. The summed E-state index contributed by atoms with van der Waals surface area (Å²) in [7, 11) is -1.46. The summed E-state index contributed by atoms with van der Waals surface area (Å²) < 4.78 is 4.42. The van der Waals surface area contributed by atoms with Gasteiger partial charge in [0.1, 0.15) is 0 Å². The Morgan fingerprint density at radius 2 is 1.78 bits per heavy atom. The molecule has 2 aromatic heterocycles. The van der Waals surface area contributed by atoms with E-state index in [0.717, 1.165) is 24.6 Å². The molecule has 6 heteroatoms. The first-order valence-electron chi connectivity index (χ1n) is 6.29. The Labute approximate surface area is 109 Å². The Kier molecular flexibility index (Phi) is 3.67. The summed E-state index contributed by atoms with van der Waals surface area (Å²) in [5.41, 5.74) is 5.57. The molecule has 0 bridgehead atoms. The van der Waals surface area contributed by atoms with Crippen molar-refractivity contribution in [2.45, 2.75) is 32.6 Å². The predicted octanol–water partition coefficient (Wildman–Crippen LogP) is 1.78. The van der Waals surface area contributed by atoms with Gasteiger partial charge in [0.05, 0.1) is 0 Å². The van der Waals surface area contributed by atoms with E-state index in [0.29, 0.717) is 6.54 Å². The second kappa shape index (κ2) is 5.07. The maximum atomic E-state index is 5.57. The van der Waals surface area contributed by atoms with Crippen molar-refractivity contribution >= 4 is 8.24 Å².